The molecule has 4 nitrogen and oxygen atoms in total. The molecule has 0 aliphatic rings. The lowest BCUT2D eigenvalue weighted by Gasteiger charge is -2.09. The fourth-order valence-corrected chi connectivity index (χ4v) is 3.75. The predicted molar refractivity (Wildman–Crippen MR) is 132 cm³/mol. The molecular weight excluding hydrogens is 400 g/mol. The van der Waals surface area contributed by atoms with E-state index >= 15 is 0 Å². The summed E-state index contributed by atoms with van der Waals surface area (Å²) in [5, 5.41) is 0. The van der Waals surface area contributed by atoms with Crippen molar-refractivity contribution in [2.24, 2.45) is 0 Å². The van der Waals surface area contributed by atoms with Crippen molar-refractivity contribution in [1.29, 1.82) is 0 Å². The third-order valence-electron chi connectivity index (χ3n) is 6.05. The molecule has 0 fully saturated rings. The molecule has 0 bridgehead atoms. The number of benzene rings is 1. The summed E-state index contributed by atoms with van der Waals surface area (Å²) in [6, 6.07) is 5.78. The van der Waals surface area contributed by atoms with Crippen LogP contribution in [0.25, 0.3) is 0 Å². The number of rotatable bonds is 19. The molecule has 1 aromatic rings. The number of ether oxygens (including phenoxy) is 2. The Morgan fingerprint density at radius 3 is 1.84 bits per heavy atom. The summed E-state index contributed by atoms with van der Waals surface area (Å²) in [6.45, 7) is 6.81. The molecule has 0 N–H and O–H groups in total. The Morgan fingerprint density at radius 1 is 0.688 bits per heavy atom. The average molecular weight is 447 g/mol. The molecule has 4 heteroatoms. The summed E-state index contributed by atoms with van der Waals surface area (Å²) in [6.07, 6.45) is 17.0. The zero-order chi connectivity index (χ0) is 23.4. The molecule has 0 unspecified atom stereocenters. The van der Waals surface area contributed by atoms with Crippen LogP contribution in [0.15, 0.2) is 18.2 Å². The van der Waals surface area contributed by atoms with E-state index in [2.05, 4.69) is 6.92 Å². The van der Waals surface area contributed by atoms with Crippen LogP contribution in [0.5, 0.6) is 5.75 Å². The van der Waals surface area contributed by atoms with Crippen molar-refractivity contribution in [2.45, 2.75) is 124 Å². The van der Waals surface area contributed by atoms with E-state index in [1.807, 2.05) is 32.0 Å². The summed E-state index contributed by atoms with van der Waals surface area (Å²) in [5.41, 5.74) is 2.16. The topological polar surface area (TPSA) is 52.6 Å². The monoisotopic (exact) mass is 446 g/mol. The number of aryl methyl sites for hydroxylation is 1. The second-order valence-electron chi connectivity index (χ2n) is 8.99. The Labute approximate surface area is 196 Å². The highest BCUT2D eigenvalue weighted by Crippen LogP contribution is 2.21. The number of carbonyl (C=O) groups is 2. The third-order valence-corrected chi connectivity index (χ3v) is 6.05. The first-order valence-electron chi connectivity index (χ1n) is 13.0. The summed E-state index contributed by atoms with van der Waals surface area (Å²) in [4.78, 5) is 23.8. The van der Waals surface area contributed by atoms with Gasteiger partial charge in [0.1, 0.15) is 5.75 Å². The van der Waals surface area contributed by atoms with Crippen LogP contribution in [-0.4, -0.2) is 18.5 Å². The second-order valence-corrected chi connectivity index (χ2v) is 8.99. The molecule has 0 aliphatic carbocycles. The maximum atomic E-state index is 12.0. The number of unbranched alkanes of at least 4 members (excludes halogenated alkanes) is 12. The minimum atomic E-state index is -0.155. The smallest absolute Gasteiger partial charge is 0.311 e. The van der Waals surface area contributed by atoms with E-state index in [0.717, 1.165) is 62.5 Å². The fourth-order valence-electron chi connectivity index (χ4n) is 3.75. The maximum Gasteiger partial charge on any atom is 0.311 e. The molecule has 182 valence electrons. The van der Waals surface area contributed by atoms with Gasteiger partial charge in [-0.05, 0) is 50.3 Å². The quantitative estimate of drug-likeness (QED) is 0.123. The molecule has 0 spiro atoms. The minimum Gasteiger partial charge on any atom is -0.466 e. The predicted octanol–water partition coefficient (Wildman–Crippen LogP) is 8.01. The van der Waals surface area contributed by atoms with Crippen molar-refractivity contribution < 1.29 is 19.1 Å². The zero-order valence-corrected chi connectivity index (χ0v) is 20.9. The first-order chi connectivity index (χ1) is 15.5. The molecule has 0 heterocycles. The van der Waals surface area contributed by atoms with Crippen LogP contribution < -0.4 is 4.74 Å². The van der Waals surface area contributed by atoms with E-state index in [4.69, 9.17) is 9.47 Å². The highest BCUT2D eigenvalue weighted by atomic mass is 16.5. The van der Waals surface area contributed by atoms with E-state index in [1.165, 1.54) is 38.5 Å². The molecule has 0 aromatic heterocycles. The average Bonchev–Trinajstić information content (AvgIpc) is 2.77. The molecule has 0 radical (unpaired) electrons. The molecule has 0 saturated heterocycles. The lowest BCUT2D eigenvalue weighted by atomic mass is 10.1. The van der Waals surface area contributed by atoms with Crippen LogP contribution in [-0.2, 0) is 14.3 Å². The Balaban J connectivity index is 1.89. The Bertz CT molecular complexity index is 638. The van der Waals surface area contributed by atoms with Gasteiger partial charge in [-0.15, -0.1) is 0 Å². The molecule has 0 amide bonds. The van der Waals surface area contributed by atoms with Crippen molar-refractivity contribution in [3.63, 3.8) is 0 Å². The highest BCUT2D eigenvalue weighted by molar-refractivity contribution is 5.72. The van der Waals surface area contributed by atoms with Gasteiger partial charge < -0.3 is 9.47 Å². The second kappa shape index (κ2) is 18.7. The number of carbonyl (C=O) groups excluding carboxylic acids is 2. The van der Waals surface area contributed by atoms with Gasteiger partial charge in [-0.2, -0.15) is 0 Å². The van der Waals surface area contributed by atoms with E-state index in [0.29, 0.717) is 25.2 Å². The third kappa shape index (κ3) is 14.3. The van der Waals surface area contributed by atoms with Crippen LogP contribution in [0.3, 0.4) is 0 Å². The van der Waals surface area contributed by atoms with E-state index in [9.17, 15) is 9.59 Å². The van der Waals surface area contributed by atoms with Crippen LogP contribution in [0.4, 0.5) is 0 Å². The standard InChI is InChI=1S/C28H46O4/c1-4-5-6-7-8-11-14-17-23-31-27(29)21-15-12-9-10-13-16-22-28(30)32-26-20-18-19-24(2)25(26)3/h18-20H,4-17,21-23H2,1-3H3. The number of hydrogen-bond donors (Lipinski definition) is 0. The number of esters is 2. The Hall–Kier alpha value is -1.84. The largest absolute Gasteiger partial charge is 0.466 e. The van der Waals surface area contributed by atoms with Crippen molar-refractivity contribution in [1.82, 2.24) is 0 Å². The van der Waals surface area contributed by atoms with Gasteiger partial charge in [0.15, 0.2) is 0 Å². The molecule has 1 aromatic carbocycles. The SMILES string of the molecule is CCCCCCCCCCOC(=O)CCCCCCCCC(=O)Oc1cccc(C)c1C. The zero-order valence-electron chi connectivity index (χ0n) is 20.9. The minimum absolute atomic E-state index is 0.0536. The molecule has 0 aliphatic heterocycles. The molecule has 0 atom stereocenters. The van der Waals surface area contributed by atoms with Gasteiger partial charge in [0.25, 0.3) is 0 Å². The van der Waals surface area contributed by atoms with Gasteiger partial charge in [0.2, 0.25) is 0 Å². The Kier molecular flexibility index (Phi) is 16.5. The number of hydrogen-bond acceptors (Lipinski definition) is 4. The van der Waals surface area contributed by atoms with Crippen LogP contribution in [0.1, 0.15) is 121 Å². The van der Waals surface area contributed by atoms with Crippen molar-refractivity contribution in [2.75, 3.05) is 6.61 Å². The summed E-state index contributed by atoms with van der Waals surface area (Å²) >= 11 is 0. The molecule has 32 heavy (non-hydrogen) atoms. The van der Waals surface area contributed by atoms with Gasteiger partial charge in [0, 0.05) is 12.8 Å². The normalized spacial score (nSPS) is 10.8. The van der Waals surface area contributed by atoms with E-state index in [1.54, 1.807) is 0 Å². The van der Waals surface area contributed by atoms with Gasteiger partial charge >= 0.3 is 11.9 Å². The first kappa shape index (κ1) is 28.2. The lowest BCUT2D eigenvalue weighted by molar-refractivity contribution is -0.144. The van der Waals surface area contributed by atoms with Gasteiger partial charge in [0.05, 0.1) is 6.61 Å². The van der Waals surface area contributed by atoms with Gasteiger partial charge in [-0.25, -0.2) is 0 Å². The van der Waals surface area contributed by atoms with Crippen LogP contribution in [0.2, 0.25) is 0 Å². The van der Waals surface area contributed by atoms with Gasteiger partial charge in [-0.1, -0.05) is 89.7 Å². The maximum absolute atomic E-state index is 12.0. The van der Waals surface area contributed by atoms with Gasteiger partial charge in [-0.3, -0.25) is 9.59 Å². The Morgan fingerprint density at radius 2 is 1.22 bits per heavy atom. The van der Waals surface area contributed by atoms with Crippen LogP contribution >= 0.6 is 0 Å². The van der Waals surface area contributed by atoms with Crippen LogP contribution in [0, 0.1) is 13.8 Å². The first-order valence-corrected chi connectivity index (χ1v) is 13.0. The molecule has 0 saturated carbocycles. The van der Waals surface area contributed by atoms with Crippen molar-refractivity contribution in [3.05, 3.63) is 29.3 Å². The highest BCUT2D eigenvalue weighted by Gasteiger charge is 2.08. The lowest BCUT2D eigenvalue weighted by Crippen LogP contribution is -2.08. The summed E-state index contributed by atoms with van der Waals surface area (Å²) in [7, 11) is 0. The van der Waals surface area contributed by atoms with Crippen molar-refractivity contribution in [3.8, 4) is 5.75 Å². The fraction of sp³-hybridized carbons (Fsp3) is 0.714. The van der Waals surface area contributed by atoms with E-state index < -0.39 is 0 Å². The summed E-state index contributed by atoms with van der Waals surface area (Å²) in [5.74, 6) is 0.462. The summed E-state index contributed by atoms with van der Waals surface area (Å²) < 4.78 is 10.8. The van der Waals surface area contributed by atoms with Crippen molar-refractivity contribution >= 4 is 11.9 Å². The molecule has 1 rings (SSSR count). The molecular formula is C28H46O4. The van der Waals surface area contributed by atoms with E-state index in [-0.39, 0.29) is 11.9 Å².